The van der Waals surface area contributed by atoms with Crippen molar-refractivity contribution in [2.75, 3.05) is 32.1 Å². The Kier molecular flexibility index (Phi) is 7.03. The number of methoxy groups -OCH3 is 1. The highest BCUT2D eigenvalue weighted by Crippen LogP contribution is 2.23. The molecular weight excluding hydrogens is 274 g/mol. The third-order valence-electron chi connectivity index (χ3n) is 2.76. The molecule has 7 heteroatoms. The molecule has 0 heterocycles. The fourth-order valence-corrected chi connectivity index (χ4v) is 1.71. The van der Waals surface area contributed by atoms with Gasteiger partial charge in [-0.15, -0.1) is 0 Å². The lowest BCUT2D eigenvalue weighted by molar-refractivity contribution is 0.0693. The molecule has 0 aromatic heterocycles. The highest BCUT2D eigenvalue weighted by Gasteiger charge is 2.12. The predicted molar refractivity (Wildman–Crippen MR) is 80.1 cm³/mol. The second kappa shape index (κ2) is 8.80. The average Bonchev–Trinajstić information content (AvgIpc) is 2.46. The van der Waals surface area contributed by atoms with Gasteiger partial charge in [0, 0.05) is 18.3 Å². The molecule has 0 radical (unpaired) electrons. The summed E-state index contributed by atoms with van der Waals surface area (Å²) in [5.74, 6) is -0.876. The van der Waals surface area contributed by atoms with E-state index in [1.807, 2.05) is 6.92 Å². The number of benzene rings is 1. The van der Waals surface area contributed by atoms with Crippen molar-refractivity contribution in [3.8, 4) is 5.75 Å². The summed E-state index contributed by atoms with van der Waals surface area (Å²) in [6.45, 7) is 4.33. The maximum absolute atomic E-state index is 11.7. The molecule has 1 aromatic rings. The van der Waals surface area contributed by atoms with E-state index in [4.69, 9.17) is 9.84 Å². The van der Waals surface area contributed by atoms with Crippen molar-refractivity contribution in [1.29, 1.82) is 0 Å². The molecule has 0 aliphatic heterocycles. The van der Waals surface area contributed by atoms with Crippen molar-refractivity contribution in [2.24, 2.45) is 0 Å². The average molecular weight is 295 g/mol. The van der Waals surface area contributed by atoms with E-state index in [1.165, 1.54) is 25.3 Å². The first-order valence-electron chi connectivity index (χ1n) is 6.75. The minimum atomic E-state index is -1.08. The zero-order chi connectivity index (χ0) is 15.7. The van der Waals surface area contributed by atoms with Gasteiger partial charge in [0.1, 0.15) is 11.3 Å². The number of carbonyl (C=O) groups is 2. The van der Waals surface area contributed by atoms with Crippen LogP contribution < -0.4 is 20.7 Å². The Bertz CT molecular complexity index is 491. The number of anilines is 1. The number of rotatable bonds is 8. The van der Waals surface area contributed by atoms with E-state index in [-0.39, 0.29) is 17.3 Å². The maximum atomic E-state index is 11.7. The lowest BCUT2D eigenvalue weighted by atomic mass is 10.2. The minimum Gasteiger partial charge on any atom is -0.496 e. The molecule has 0 saturated heterocycles. The molecule has 7 nitrogen and oxygen atoms in total. The Morgan fingerprint density at radius 1 is 1.29 bits per heavy atom. The van der Waals surface area contributed by atoms with Gasteiger partial charge in [-0.05, 0) is 31.6 Å². The monoisotopic (exact) mass is 295 g/mol. The number of carbonyl (C=O) groups excluding carboxylic acids is 1. The van der Waals surface area contributed by atoms with E-state index in [0.717, 1.165) is 19.5 Å². The van der Waals surface area contributed by atoms with Crippen LogP contribution in [0.5, 0.6) is 5.75 Å². The SMILES string of the molecule is CCNCCCNC(=O)Nc1ccc(C(=O)O)c(OC)c1. The van der Waals surface area contributed by atoms with Gasteiger partial charge < -0.3 is 25.8 Å². The first-order valence-corrected chi connectivity index (χ1v) is 6.75. The van der Waals surface area contributed by atoms with Gasteiger partial charge in [0.05, 0.1) is 7.11 Å². The summed E-state index contributed by atoms with van der Waals surface area (Å²) in [7, 11) is 1.38. The standard InChI is InChI=1S/C14H21N3O4/c1-3-15-7-4-8-16-14(20)17-10-5-6-11(13(18)19)12(9-10)21-2/h5-6,9,15H,3-4,7-8H2,1-2H3,(H,18,19)(H2,16,17,20). The largest absolute Gasteiger partial charge is 0.496 e. The third-order valence-corrected chi connectivity index (χ3v) is 2.76. The second-order valence-electron chi connectivity index (χ2n) is 4.31. The summed E-state index contributed by atoms with van der Waals surface area (Å²) < 4.78 is 4.99. The zero-order valence-electron chi connectivity index (χ0n) is 12.2. The van der Waals surface area contributed by atoms with Gasteiger partial charge in [0.25, 0.3) is 0 Å². The van der Waals surface area contributed by atoms with Gasteiger partial charge in [-0.3, -0.25) is 0 Å². The third kappa shape index (κ3) is 5.70. The van der Waals surface area contributed by atoms with E-state index >= 15 is 0 Å². The second-order valence-corrected chi connectivity index (χ2v) is 4.31. The van der Waals surface area contributed by atoms with Crippen LogP contribution in [0.3, 0.4) is 0 Å². The van der Waals surface area contributed by atoms with Gasteiger partial charge >= 0.3 is 12.0 Å². The number of aromatic carboxylic acids is 1. The predicted octanol–water partition coefficient (Wildman–Crippen LogP) is 1.51. The number of carboxylic acid groups (broad SMARTS) is 1. The van der Waals surface area contributed by atoms with Crippen LogP contribution in [0, 0.1) is 0 Å². The van der Waals surface area contributed by atoms with Crippen molar-refractivity contribution in [1.82, 2.24) is 10.6 Å². The molecule has 0 unspecified atom stereocenters. The van der Waals surface area contributed by atoms with Gasteiger partial charge in [0.2, 0.25) is 0 Å². The Labute approximate surface area is 123 Å². The first-order chi connectivity index (χ1) is 10.1. The first kappa shape index (κ1) is 16.8. The van der Waals surface area contributed by atoms with Crippen LogP contribution in [0.2, 0.25) is 0 Å². The van der Waals surface area contributed by atoms with Gasteiger partial charge in [-0.1, -0.05) is 6.92 Å². The summed E-state index contributed by atoms with van der Waals surface area (Å²) in [6.07, 6.45) is 0.836. The quantitative estimate of drug-likeness (QED) is 0.545. The molecule has 1 aromatic carbocycles. The molecule has 1 rings (SSSR count). The number of amides is 2. The molecule has 0 aliphatic carbocycles. The number of hydrogen-bond donors (Lipinski definition) is 4. The van der Waals surface area contributed by atoms with E-state index in [9.17, 15) is 9.59 Å². The fourth-order valence-electron chi connectivity index (χ4n) is 1.71. The van der Waals surface area contributed by atoms with Crippen molar-refractivity contribution in [3.63, 3.8) is 0 Å². The number of hydrogen-bond acceptors (Lipinski definition) is 4. The van der Waals surface area contributed by atoms with Crippen molar-refractivity contribution < 1.29 is 19.4 Å². The van der Waals surface area contributed by atoms with Gasteiger partial charge in [-0.25, -0.2) is 9.59 Å². The lowest BCUT2D eigenvalue weighted by Gasteiger charge is -2.10. The van der Waals surface area contributed by atoms with Crippen molar-refractivity contribution >= 4 is 17.7 Å². The van der Waals surface area contributed by atoms with Crippen LogP contribution in [-0.4, -0.2) is 43.9 Å². The van der Waals surface area contributed by atoms with Gasteiger partial charge in [0.15, 0.2) is 0 Å². The molecule has 0 fully saturated rings. The van der Waals surface area contributed by atoms with Crippen LogP contribution in [0.1, 0.15) is 23.7 Å². The number of nitrogens with one attached hydrogen (secondary N) is 3. The Morgan fingerprint density at radius 2 is 2.05 bits per heavy atom. The minimum absolute atomic E-state index is 0.0501. The molecule has 0 bridgehead atoms. The van der Waals surface area contributed by atoms with E-state index in [1.54, 1.807) is 0 Å². The smallest absolute Gasteiger partial charge is 0.339 e. The van der Waals surface area contributed by atoms with Crippen LogP contribution >= 0.6 is 0 Å². The van der Waals surface area contributed by atoms with E-state index < -0.39 is 5.97 Å². The summed E-state index contributed by atoms with van der Waals surface area (Å²) in [4.78, 5) is 22.6. The summed E-state index contributed by atoms with van der Waals surface area (Å²) in [6, 6.07) is 4.05. The number of carboxylic acids is 1. The Balaban J connectivity index is 2.51. The van der Waals surface area contributed by atoms with E-state index in [2.05, 4.69) is 16.0 Å². The molecule has 0 spiro atoms. The van der Waals surface area contributed by atoms with Crippen LogP contribution in [0.25, 0.3) is 0 Å². The Morgan fingerprint density at radius 3 is 2.67 bits per heavy atom. The van der Waals surface area contributed by atoms with Crippen molar-refractivity contribution in [2.45, 2.75) is 13.3 Å². The topological polar surface area (TPSA) is 99.7 Å². The Hall–Kier alpha value is -2.28. The zero-order valence-corrected chi connectivity index (χ0v) is 12.2. The van der Waals surface area contributed by atoms with Crippen LogP contribution in [-0.2, 0) is 0 Å². The molecule has 116 valence electrons. The molecule has 4 N–H and O–H groups in total. The molecular formula is C14H21N3O4. The molecule has 0 saturated carbocycles. The van der Waals surface area contributed by atoms with Gasteiger partial charge in [-0.2, -0.15) is 0 Å². The molecule has 0 aliphatic rings. The van der Waals surface area contributed by atoms with E-state index in [0.29, 0.717) is 12.2 Å². The van der Waals surface area contributed by atoms with Crippen LogP contribution in [0.15, 0.2) is 18.2 Å². The highest BCUT2D eigenvalue weighted by molar-refractivity contribution is 5.94. The fraction of sp³-hybridized carbons (Fsp3) is 0.429. The highest BCUT2D eigenvalue weighted by atomic mass is 16.5. The van der Waals surface area contributed by atoms with Crippen molar-refractivity contribution in [3.05, 3.63) is 23.8 Å². The maximum Gasteiger partial charge on any atom is 0.339 e. The molecule has 0 atom stereocenters. The summed E-state index contributed by atoms with van der Waals surface area (Å²) in [5.41, 5.74) is 0.523. The number of ether oxygens (including phenoxy) is 1. The summed E-state index contributed by atoms with van der Waals surface area (Å²) in [5, 5.41) is 17.5. The normalized spacial score (nSPS) is 10.0. The lowest BCUT2D eigenvalue weighted by Crippen LogP contribution is -2.31. The summed E-state index contributed by atoms with van der Waals surface area (Å²) >= 11 is 0. The number of urea groups is 1. The molecule has 2 amide bonds. The molecule has 21 heavy (non-hydrogen) atoms. The van der Waals surface area contributed by atoms with Crippen LogP contribution in [0.4, 0.5) is 10.5 Å².